The first-order valence-corrected chi connectivity index (χ1v) is 9.33. The smallest absolute Gasteiger partial charge is 0.251 e. The van der Waals surface area contributed by atoms with Crippen LogP contribution in [-0.2, 0) is 21.4 Å². The van der Waals surface area contributed by atoms with Gasteiger partial charge in [-0.05, 0) is 19.1 Å². The number of hydrogen-bond acceptors (Lipinski definition) is 4. The van der Waals surface area contributed by atoms with Crippen molar-refractivity contribution in [3.63, 3.8) is 0 Å². The standard InChI is InChI=1S/C17H19F2N3O4S/c1-11(14-6-4-12(18)8-15(14)19)20-16(23)10-22-9-13(5-7-17(22)24)27(25,26)21(2)3/h4-9,11H,10H2,1-3H3,(H,20,23)/t11-/m0/s1. The van der Waals surface area contributed by atoms with Gasteiger partial charge in [0.15, 0.2) is 0 Å². The summed E-state index contributed by atoms with van der Waals surface area (Å²) in [6.07, 6.45) is 1.07. The number of aromatic nitrogens is 1. The summed E-state index contributed by atoms with van der Waals surface area (Å²) in [4.78, 5) is 24.0. The Kier molecular flexibility index (Phi) is 6.11. The molecule has 0 aliphatic rings. The van der Waals surface area contributed by atoms with Crippen molar-refractivity contribution in [3.05, 3.63) is 64.1 Å². The van der Waals surface area contributed by atoms with E-state index in [1.165, 1.54) is 27.1 Å². The number of benzene rings is 1. The van der Waals surface area contributed by atoms with E-state index in [0.29, 0.717) is 6.07 Å². The molecule has 10 heteroatoms. The van der Waals surface area contributed by atoms with E-state index in [4.69, 9.17) is 0 Å². The van der Waals surface area contributed by atoms with Crippen molar-refractivity contribution < 1.29 is 22.0 Å². The first kappa shape index (κ1) is 20.7. The van der Waals surface area contributed by atoms with Crippen LogP contribution in [0.2, 0.25) is 0 Å². The molecule has 2 rings (SSSR count). The average molecular weight is 399 g/mol. The molecule has 1 atom stereocenters. The van der Waals surface area contributed by atoms with Crippen LogP contribution in [-0.4, -0.2) is 37.3 Å². The zero-order chi connectivity index (χ0) is 20.4. The molecule has 0 radical (unpaired) electrons. The summed E-state index contributed by atoms with van der Waals surface area (Å²) in [5, 5.41) is 2.49. The Bertz CT molecular complexity index is 1020. The fourth-order valence-electron chi connectivity index (χ4n) is 2.37. The molecule has 0 saturated carbocycles. The minimum atomic E-state index is -3.77. The molecule has 0 unspecified atom stereocenters. The van der Waals surface area contributed by atoms with Gasteiger partial charge in [-0.25, -0.2) is 21.5 Å². The second-order valence-corrected chi connectivity index (χ2v) is 8.23. The number of nitrogens with one attached hydrogen (secondary N) is 1. The maximum absolute atomic E-state index is 13.8. The number of amides is 1. The summed E-state index contributed by atoms with van der Waals surface area (Å²) < 4.78 is 53.0. The Morgan fingerprint density at radius 2 is 1.89 bits per heavy atom. The molecule has 0 aliphatic heterocycles. The highest BCUT2D eigenvalue weighted by atomic mass is 32.2. The predicted octanol–water partition coefficient (Wildman–Crippen LogP) is 1.25. The Hall–Kier alpha value is -2.59. The van der Waals surface area contributed by atoms with Gasteiger partial charge in [0.25, 0.3) is 5.56 Å². The number of halogens is 2. The minimum absolute atomic E-state index is 0.0843. The lowest BCUT2D eigenvalue weighted by Crippen LogP contribution is -2.34. The first-order valence-electron chi connectivity index (χ1n) is 7.89. The monoisotopic (exact) mass is 399 g/mol. The van der Waals surface area contributed by atoms with Gasteiger partial charge >= 0.3 is 0 Å². The normalized spacial score (nSPS) is 12.8. The maximum atomic E-state index is 13.8. The van der Waals surface area contributed by atoms with E-state index >= 15 is 0 Å². The zero-order valence-electron chi connectivity index (χ0n) is 14.9. The van der Waals surface area contributed by atoms with Crippen LogP contribution in [0.5, 0.6) is 0 Å². The summed E-state index contributed by atoms with van der Waals surface area (Å²) in [5.74, 6) is -2.17. The van der Waals surface area contributed by atoms with Crippen molar-refractivity contribution in [1.82, 2.24) is 14.2 Å². The molecule has 2 aromatic rings. The van der Waals surface area contributed by atoms with E-state index in [0.717, 1.165) is 33.3 Å². The number of nitrogens with zero attached hydrogens (tertiary/aromatic N) is 2. The summed E-state index contributed by atoms with van der Waals surface area (Å²) >= 11 is 0. The molecule has 1 aromatic heterocycles. The van der Waals surface area contributed by atoms with Crippen molar-refractivity contribution in [1.29, 1.82) is 0 Å². The number of carbonyl (C=O) groups is 1. The fourth-order valence-corrected chi connectivity index (χ4v) is 3.29. The highest BCUT2D eigenvalue weighted by Gasteiger charge is 2.19. The van der Waals surface area contributed by atoms with Gasteiger partial charge in [-0.3, -0.25) is 9.59 Å². The van der Waals surface area contributed by atoms with Crippen molar-refractivity contribution in [2.75, 3.05) is 14.1 Å². The molecule has 0 fully saturated rings. The van der Waals surface area contributed by atoms with Crippen LogP contribution in [0.1, 0.15) is 18.5 Å². The Morgan fingerprint density at radius 3 is 2.48 bits per heavy atom. The van der Waals surface area contributed by atoms with Gasteiger partial charge in [0.1, 0.15) is 18.2 Å². The number of carbonyl (C=O) groups excluding carboxylic acids is 1. The van der Waals surface area contributed by atoms with Crippen LogP contribution in [0, 0.1) is 11.6 Å². The Balaban J connectivity index is 2.19. The van der Waals surface area contributed by atoms with Crippen LogP contribution in [0.3, 0.4) is 0 Å². The van der Waals surface area contributed by atoms with Crippen LogP contribution < -0.4 is 10.9 Å². The second-order valence-electron chi connectivity index (χ2n) is 6.07. The molecule has 1 amide bonds. The van der Waals surface area contributed by atoms with E-state index in [-0.39, 0.29) is 10.5 Å². The Morgan fingerprint density at radius 1 is 1.22 bits per heavy atom. The van der Waals surface area contributed by atoms with Gasteiger partial charge in [0.05, 0.1) is 10.9 Å². The third kappa shape index (κ3) is 4.77. The van der Waals surface area contributed by atoms with E-state index < -0.39 is 45.7 Å². The highest BCUT2D eigenvalue weighted by Crippen LogP contribution is 2.17. The van der Waals surface area contributed by atoms with Gasteiger partial charge in [0, 0.05) is 38.0 Å². The van der Waals surface area contributed by atoms with Crippen molar-refractivity contribution in [2.45, 2.75) is 24.4 Å². The fraction of sp³-hybridized carbons (Fsp3) is 0.294. The van der Waals surface area contributed by atoms with Crippen LogP contribution >= 0.6 is 0 Å². The van der Waals surface area contributed by atoms with Gasteiger partial charge < -0.3 is 9.88 Å². The predicted molar refractivity (Wildman–Crippen MR) is 94.5 cm³/mol. The Labute approximate surface area is 155 Å². The molecule has 0 spiro atoms. The lowest BCUT2D eigenvalue weighted by atomic mass is 10.1. The van der Waals surface area contributed by atoms with Gasteiger partial charge in [-0.2, -0.15) is 0 Å². The third-order valence-electron chi connectivity index (χ3n) is 3.86. The van der Waals surface area contributed by atoms with E-state index in [2.05, 4.69) is 5.32 Å². The second kappa shape index (κ2) is 7.97. The van der Waals surface area contributed by atoms with Gasteiger partial charge in [-0.1, -0.05) is 6.07 Å². The molecule has 0 aliphatic carbocycles. The van der Waals surface area contributed by atoms with E-state index in [9.17, 15) is 26.8 Å². The number of sulfonamides is 1. The summed E-state index contributed by atoms with van der Waals surface area (Å²) in [7, 11) is -1.08. The molecule has 0 bridgehead atoms. The molecular formula is C17H19F2N3O4S. The number of hydrogen-bond donors (Lipinski definition) is 1. The largest absolute Gasteiger partial charge is 0.348 e. The van der Waals surface area contributed by atoms with Crippen LogP contribution in [0.25, 0.3) is 0 Å². The SMILES string of the molecule is C[C@H](NC(=O)Cn1cc(S(=O)(=O)N(C)C)ccc1=O)c1ccc(F)cc1F. The lowest BCUT2D eigenvalue weighted by molar-refractivity contribution is -0.122. The van der Waals surface area contributed by atoms with Crippen molar-refractivity contribution in [2.24, 2.45) is 0 Å². The van der Waals surface area contributed by atoms with Gasteiger partial charge in [-0.15, -0.1) is 0 Å². The first-order chi connectivity index (χ1) is 12.5. The maximum Gasteiger partial charge on any atom is 0.251 e. The quantitative estimate of drug-likeness (QED) is 0.792. The lowest BCUT2D eigenvalue weighted by Gasteiger charge is -2.16. The molecule has 7 nitrogen and oxygen atoms in total. The number of rotatable bonds is 6. The van der Waals surface area contributed by atoms with Crippen molar-refractivity contribution in [3.8, 4) is 0 Å². The number of pyridine rings is 1. The molecule has 27 heavy (non-hydrogen) atoms. The van der Waals surface area contributed by atoms with Crippen molar-refractivity contribution >= 4 is 15.9 Å². The summed E-state index contributed by atoms with van der Waals surface area (Å²) in [6, 6.07) is 4.42. The zero-order valence-corrected chi connectivity index (χ0v) is 15.8. The highest BCUT2D eigenvalue weighted by molar-refractivity contribution is 7.89. The summed E-state index contributed by atoms with van der Waals surface area (Å²) in [5.41, 5.74) is -0.482. The molecular weight excluding hydrogens is 380 g/mol. The molecule has 1 heterocycles. The topological polar surface area (TPSA) is 88.5 Å². The third-order valence-corrected chi connectivity index (χ3v) is 5.65. The minimum Gasteiger partial charge on any atom is -0.348 e. The average Bonchev–Trinajstić information content (AvgIpc) is 2.56. The molecule has 1 aromatic carbocycles. The van der Waals surface area contributed by atoms with Crippen LogP contribution in [0.15, 0.2) is 46.2 Å². The van der Waals surface area contributed by atoms with Crippen LogP contribution in [0.4, 0.5) is 8.78 Å². The van der Waals surface area contributed by atoms with E-state index in [1.807, 2.05) is 0 Å². The van der Waals surface area contributed by atoms with E-state index in [1.54, 1.807) is 0 Å². The molecule has 1 N–H and O–H groups in total. The molecule has 146 valence electrons. The summed E-state index contributed by atoms with van der Waals surface area (Å²) in [6.45, 7) is 1.05. The van der Waals surface area contributed by atoms with Gasteiger partial charge in [0.2, 0.25) is 15.9 Å². The molecule has 0 saturated heterocycles.